The molecule has 30 heavy (non-hydrogen) atoms. The fourth-order valence-corrected chi connectivity index (χ4v) is 3.49. The predicted octanol–water partition coefficient (Wildman–Crippen LogP) is 2.95. The number of aromatic nitrogens is 5. The number of pyridine rings is 1. The minimum absolute atomic E-state index is 0.00221. The van der Waals surface area contributed by atoms with E-state index in [0.29, 0.717) is 29.7 Å². The van der Waals surface area contributed by atoms with Gasteiger partial charge in [0.25, 0.3) is 5.56 Å². The quantitative estimate of drug-likeness (QED) is 0.677. The van der Waals surface area contributed by atoms with Crippen molar-refractivity contribution in [3.63, 3.8) is 0 Å². The number of nitrogens with zero attached hydrogens (tertiary/aromatic N) is 4. The van der Waals surface area contributed by atoms with Gasteiger partial charge in [0.2, 0.25) is 0 Å². The largest absolute Gasteiger partial charge is 0.444 e. The van der Waals surface area contributed by atoms with E-state index in [0.717, 1.165) is 18.5 Å². The van der Waals surface area contributed by atoms with E-state index in [4.69, 9.17) is 9.47 Å². The van der Waals surface area contributed by atoms with E-state index in [1.807, 2.05) is 20.8 Å². The molecular weight excluding hydrogens is 388 g/mol. The Hall–Kier alpha value is -3.43. The Labute approximate surface area is 172 Å². The molecule has 10 nitrogen and oxygen atoms in total. The minimum Gasteiger partial charge on any atom is -0.444 e. The van der Waals surface area contributed by atoms with Crippen molar-refractivity contribution in [2.24, 2.45) is 0 Å². The van der Waals surface area contributed by atoms with Gasteiger partial charge in [0.1, 0.15) is 5.60 Å². The van der Waals surface area contributed by atoms with Gasteiger partial charge >= 0.3 is 12.1 Å². The second-order valence-electron chi connectivity index (χ2n) is 8.28. The molecule has 0 bridgehead atoms. The molecule has 0 unspecified atom stereocenters. The van der Waals surface area contributed by atoms with Gasteiger partial charge in [0.15, 0.2) is 5.75 Å². The van der Waals surface area contributed by atoms with Gasteiger partial charge in [-0.15, -0.1) is 0 Å². The maximum atomic E-state index is 12.5. The van der Waals surface area contributed by atoms with E-state index in [-0.39, 0.29) is 23.6 Å². The third kappa shape index (κ3) is 4.27. The van der Waals surface area contributed by atoms with Crippen LogP contribution in [0, 0.1) is 0 Å². The van der Waals surface area contributed by atoms with Crippen LogP contribution in [0.25, 0.3) is 10.9 Å². The summed E-state index contributed by atoms with van der Waals surface area (Å²) in [6, 6.07) is 1.66. The van der Waals surface area contributed by atoms with Crippen molar-refractivity contribution in [1.29, 1.82) is 0 Å². The lowest BCUT2D eigenvalue weighted by Crippen LogP contribution is -2.42. The molecule has 4 rings (SSSR count). The van der Waals surface area contributed by atoms with Crippen molar-refractivity contribution in [3.05, 3.63) is 40.7 Å². The Kier molecular flexibility index (Phi) is 5.15. The molecule has 1 amide bonds. The minimum atomic E-state index is -0.547. The lowest BCUT2D eigenvalue weighted by Gasteiger charge is -2.33. The Balaban J connectivity index is 1.53. The molecule has 1 aliphatic heterocycles. The summed E-state index contributed by atoms with van der Waals surface area (Å²) in [6.07, 6.45) is 5.95. The molecule has 10 heteroatoms. The molecule has 0 radical (unpaired) electrons. The Bertz CT molecular complexity index is 1120. The van der Waals surface area contributed by atoms with E-state index < -0.39 is 5.60 Å². The molecular formula is C20H24N6O4. The van der Waals surface area contributed by atoms with E-state index in [9.17, 15) is 9.59 Å². The number of fused-ring (bicyclic) bond motifs is 1. The molecule has 3 aromatic heterocycles. The monoisotopic (exact) mass is 412 g/mol. The average molecular weight is 412 g/mol. The highest BCUT2D eigenvalue weighted by Gasteiger charge is 2.30. The number of hydrogen-bond donors (Lipinski definition) is 2. The molecule has 0 aliphatic carbocycles. The van der Waals surface area contributed by atoms with Crippen LogP contribution in [0.3, 0.4) is 0 Å². The Morgan fingerprint density at radius 1 is 1.30 bits per heavy atom. The molecule has 0 spiro atoms. The summed E-state index contributed by atoms with van der Waals surface area (Å²) >= 11 is 0. The number of ether oxygens (including phenoxy) is 2. The van der Waals surface area contributed by atoms with Gasteiger partial charge in [-0.1, -0.05) is 0 Å². The number of carbonyl (C=O) groups is 1. The summed E-state index contributed by atoms with van der Waals surface area (Å²) < 4.78 is 11.3. The third-order valence-electron chi connectivity index (χ3n) is 4.81. The third-order valence-corrected chi connectivity index (χ3v) is 4.81. The van der Waals surface area contributed by atoms with Gasteiger partial charge in [-0.3, -0.25) is 19.9 Å². The Morgan fingerprint density at radius 3 is 2.93 bits per heavy atom. The van der Waals surface area contributed by atoms with Gasteiger partial charge in [-0.25, -0.2) is 4.79 Å². The lowest BCUT2D eigenvalue weighted by atomic mass is 9.94. The van der Waals surface area contributed by atoms with Crippen LogP contribution in [0.2, 0.25) is 0 Å². The van der Waals surface area contributed by atoms with Crippen LogP contribution in [-0.2, 0) is 4.74 Å². The van der Waals surface area contributed by atoms with Crippen LogP contribution in [0.4, 0.5) is 4.79 Å². The zero-order chi connectivity index (χ0) is 21.3. The number of amides is 1. The van der Waals surface area contributed by atoms with Crippen molar-refractivity contribution < 1.29 is 14.3 Å². The molecule has 1 fully saturated rings. The first-order valence-corrected chi connectivity index (χ1v) is 9.83. The standard InChI is InChI=1S/C20H24N6O4/c1-20(2,3)30-19(28)26-8-4-5-12(11-26)16-15(10-22-25-16)29-18-23-14-9-21-7-6-13(14)17(27)24-18/h6-7,9-10,12H,4-5,8,11H2,1-3H3,(H,22,25)(H,23,24,27)/t12-/m1/s1. The summed E-state index contributed by atoms with van der Waals surface area (Å²) in [5.74, 6) is 0.454. The zero-order valence-electron chi connectivity index (χ0n) is 17.1. The Morgan fingerprint density at radius 2 is 2.13 bits per heavy atom. The highest BCUT2D eigenvalue weighted by molar-refractivity contribution is 5.76. The van der Waals surface area contributed by atoms with Crippen LogP contribution < -0.4 is 10.3 Å². The lowest BCUT2D eigenvalue weighted by molar-refractivity contribution is 0.0196. The topological polar surface area (TPSA) is 126 Å². The van der Waals surface area contributed by atoms with Crippen molar-refractivity contribution in [2.45, 2.75) is 45.1 Å². The number of piperidine rings is 1. The van der Waals surface area contributed by atoms with Crippen LogP contribution >= 0.6 is 0 Å². The van der Waals surface area contributed by atoms with Crippen LogP contribution in [0.15, 0.2) is 29.5 Å². The second-order valence-corrected chi connectivity index (χ2v) is 8.28. The summed E-state index contributed by atoms with van der Waals surface area (Å²) in [6.45, 7) is 6.67. The zero-order valence-corrected chi connectivity index (χ0v) is 17.1. The summed E-state index contributed by atoms with van der Waals surface area (Å²) in [5, 5.41) is 7.50. The van der Waals surface area contributed by atoms with E-state index >= 15 is 0 Å². The van der Waals surface area contributed by atoms with Gasteiger partial charge in [0, 0.05) is 25.2 Å². The van der Waals surface area contributed by atoms with E-state index in [2.05, 4.69) is 25.1 Å². The first kappa shape index (κ1) is 19.9. The summed E-state index contributed by atoms with van der Waals surface area (Å²) in [7, 11) is 0. The molecule has 1 aliphatic rings. The smallest absolute Gasteiger partial charge is 0.410 e. The van der Waals surface area contributed by atoms with Gasteiger partial charge in [0.05, 0.1) is 29.0 Å². The molecule has 4 heterocycles. The van der Waals surface area contributed by atoms with Gasteiger partial charge in [-0.2, -0.15) is 10.1 Å². The van der Waals surface area contributed by atoms with Gasteiger partial charge in [-0.05, 0) is 39.7 Å². The normalized spacial score (nSPS) is 17.2. The van der Waals surface area contributed by atoms with Crippen LogP contribution in [0.5, 0.6) is 11.8 Å². The van der Waals surface area contributed by atoms with E-state index in [1.54, 1.807) is 11.0 Å². The fraction of sp³-hybridized carbons (Fsp3) is 0.450. The molecule has 0 aromatic carbocycles. The summed E-state index contributed by atoms with van der Waals surface area (Å²) in [4.78, 5) is 37.4. The maximum Gasteiger partial charge on any atom is 0.410 e. The number of nitrogens with one attached hydrogen (secondary N) is 2. The number of aromatic amines is 2. The summed E-state index contributed by atoms with van der Waals surface area (Å²) in [5.41, 5.74) is 0.331. The molecule has 1 atom stereocenters. The predicted molar refractivity (Wildman–Crippen MR) is 109 cm³/mol. The number of rotatable bonds is 3. The highest BCUT2D eigenvalue weighted by Crippen LogP contribution is 2.33. The van der Waals surface area contributed by atoms with Crippen molar-refractivity contribution in [2.75, 3.05) is 13.1 Å². The van der Waals surface area contributed by atoms with E-state index in [1.165, 1.54) is 18.6 Å². The van der Waals surface area contributed by atoms with Gasteiger partial charge < -0.3 is 14.4 Å². The maximum absolute atomic E-state index is 12.5. The number of H-pyrrole nitrogens is 2. The first-order chi connectivity index (χ1) is 14.3. The number of carbonyl (C=O) groups excluding carboxylic acids is 1. The fourth-order valence-electron chi connectivity index (χ4n) is 3.49. The second kappa shape index (κ2) is 7.77. The first-order valence-electron chi connectivity index (χ1n) is 9.83. The molecule has 0 saturated carbocycles. The number of likely N-dealkylation sites (tertiary alicyclic amines) is 1. The van der Waals surface area contributed by atoms with Crippen LogP contribution in [0.1, 0.15) is 45.2 Å². The number of hydrogen-bond acceptors (Lipinski definition) is 7. The molecule has 3 aromatic rings. The van der Waals surface area contributed by atoms with Crippen molar-refractivity contribution >= 4 is 17.0 Å². The van der Waals surface area contributed by atoms with Crippen LogP contribution in [-0.4, -0.2) is 54.8 Å². The highest BCUT2D eigenvalue weighted by atomic mass is 16.6. The molecule has 158 valence electrons. The van der Waals surface area contributed by atoms with Crippen molar-refractivity contribution in [1.82, 2.24) is 30.0 Å². The molecule has 2 N–H and O–H groups in total. The average Bonchev–Trinajstić information content (AvgIpc) is 3.15. The van der Waals surface area contributed by atoms with Crippen molar-refractivity contribution in [3.8, 4) is 11.8 Å². The SMILES string of the molecule is CC(C)(C)OC(=O)N1CCC[C@@H](c2[nH]ncc2Oc2nc3cnccc3c(=O)[nH]2)C1. The molecule has 1 saturated heterocycles.